The van der Waals surface area contributed by atoms with Gasteiger partial charge in [-0.05, 0) is 20.3 Å². The first-order valence-electron chi connectivity index (χ1n) is 13.7. The van der Waals surface area contributed by atoms with Crippen LogP contribution in [0.15, 0.2) is 0 Å². The van der Waals surface area contributed by atoms with Gasteiger partial charge < -0.3 is 54.3 Å². The second-order valence-corrected chi connectivity index (χ2v) is 10.3. The summed E-state index contributed by atoms with van der Waals surface area (Å²) in [5.74, 6) is -5.33. The summed E-state index contributed by atoms with van der Waals surface area (Å²) >= 11 is 0. The number of hydrogen-bond donors (Lipinski definition) is 3. The monoisotopic (exact) mass is 619 g/mol. The highest BCUT2D eigenvalue weighted by Gasteiger charge is 2.51. The molecule has 0 unspecified atom stereocenters. The standard InChI is InChI=1S/C26H41N3O14/c1-14(30)36-12-19-23(41-16(3)32)22(40-15(2)31)18(9-20(27)33)24(42-19)37-13-21(34)28-7-6-8-29-25(35)38-10-17-11-39-26(4,5)43-17/h17-19,22-24H,6-13H2,1-5H3,(H2,27,33)(H,28,34)(H,29,35)/t17-,18+,19+,22+,23-,24+/m0/s1. The zero-order valence-electron chi connectivity index (χ0n) is 24.9. The number of primary amides is 1. The Morgan fingerprint density at radius 2 is 1.53 bits per heavy atom. The predicted octanol–water partition coefficient (Wildman–Crippen LogP) is -0.970. The molecule has 0 saturated carbocycles. The molecule has 0 aliphatic carbocycles. The Bertz CT molecular complexity index is 1010. The van der Waals surface area contributed by atoms with Crippen LogP contribution < -0.4 is 16.4 Å². The maximum Gasteiger partial charge on any atom is 0.407 e. The molecule has 6 atom stereocenters. The summed E-state index contributed by atoms with van der Waals surface area (Å²) in [5.41, 5.74) is 5.39. The third kappa shape index (κ3) is 13.1. The maximum atomic E-state index is 12.4. The highest BCUT2D eigenvalue weighted by Crippen LogP contribution is 2.34. The molecular formula is C26H41N3O14. The molecule has 17 heteroatoms. The van der Waals surface area contributed by atoms with Crippen molar-refractivity contribution in [1.82, 2.24) is 10.6 Å². The molecule has 244 valence electrons. The van der Waals surface area contributed by atoms with Gasteiger partial charge in [-0.3, -0.25) is 24.0 Å². The zero-order valence-corrected chi connectivity index (χ0v) is 24.9. The van der Waals surface area contributed by atoms with E-state index in [-0.39, 0.29) is 25.8 Å². The van der Waals surface area contributed by atoms with Crippen molar-refractivity contribution in [3.05, 3.63) is 0 Å². The van der Waals surface area contributed by atoms with Crippen LogP contribution in [0.4, 0.5) is 4.79 Å². The van der Waals surface area contributed by atoms with E-state index in [2.05, 4.69) is 10.6 Å². The molecule has 0 aromatic carbocycles. The lowest BCUT2D eigenvalue weighted by Crippen LogP contribution is -2.60. The first-order chi connectivity index (χ1) is 20.2. The number of amides is 3. The molecule has 3 amide bonds. The van der Waals surface area contributed by atoms with E-state index in [1.54, 1.807) is 13.8 Å². The molecule has 2 rings (SSSR count). The van der Waals surface area contributed by atoms with Gasteiger partial charge in [0.25, 0.3) is 0 Å². The fourth-order valence-electron chi connectivity index (χ4n) is 4.36. The molecule has 2 heterocycles. The van der Waals surface area contributed by atoms with Crippen LogP contribution in [0.25, 0.3) is 0 Å². The average molecular weight is 620 g/mol. The van der Waals surface area contributed by atoms with Crippen molar-refractivity contribution in [3.8, 4) is 0 Å². The first-order valence-corrected chi connectivity index (χ1v) is 13.7. The third-order valence-electron chi connectivity index (χ3n) is 6.05. The molecule has 0 spiro atoms. The van der Waals surface area contributed by atoms with Gasteiger partial charge in [-0.25, -0.2) is 4.79 Å². The van der Waals surface area contributed by atoms with Crippen molar-refractivity contribution in [1.29, 1.82) is 0 Å². The van der Waals surface area contributed by atoms with Gasteiger partial charge in [-0.2, -0.15) is 0 Å². The van der Waals surface area contributed by atoms with Gasteiger partial charge in [0.1, 0.15) is 38.1 Å². The minimum Gasteiger partial charge on any atom is -0.463 e. The van der Waals surface area contributed by atoms with E-state index in [4.69, 9.17) is 43.6 Å². The summed E-state index contributed by atoms with van der Waals surface area (Å²) in [7, 11) is 0. The summed E-state index contributed by atoms with van der Waals surface area (Å²) in [6, 6.07) is 0. The molecular weight excluding hydrogens is 578 g/mol. The van der Waals surface area contributed by atoms with Gasteiger partial charge >= 0.3 is 24.0 Å². The second-order valence-electron chi connectivity index (χ2n) is 10.3. The summed E-state index contributed by atoms with van der Waals surface area (Å²) in [6.45, 7) is 6.68. The first kappa shape index (κ1) is 35.7. The predicted molar refractivity (Wildman–Crippen MR) is 142 cm³/mol. The number of carbonyl (C=O) groups is 6. The maximum absolute atomic E-state index is 12.4. The van der Waals surface area contributed by atoms with Crippen LogP contribution in [0.3, 0.4) is 0 Å². The second kappa shape index (κ2) is 16.9. The molecule has 4 N–H and O–H groups in total. The molecule has 43 heavy (non-hydrogen) atoms. The van der Waals surface area contributed by atoms with Crippen molar-refractivity contribution in [2.75, 3.05) is 39.5 Å². The highest BCUT2D eigenvalue weighted by molar-refractivity contribution is 5.77. The molecule has 0 bridgehead atoms. The lowest BCUT2D eigenvalue weighted by molar-refractivity contribution is -0.290. The van der Waals surface area contributed by atoms with E-state index in [1.807, 2.05) is 0 Å². The van der Waals surface area contributed by atoms with Crippen molar-refractivity contribution in [2.45, 2.75) is 84.0 Å². The van der Waals surface area contributed by atoms with E-state index in [1.165, 1.54) is 0 Å². The molecule has 0 aromatic rings. The number of nitrogens with two attached hydrogens (primary N) is 1. The molecule has 2 fully saturated rings. The van der Waals surface area contributed by atoms with E-state index >= 15 is 0 Å². The lowest BCUT2D eigenvalue weighted by atomic mass is 9.87. The Hall–Kier alpha value is -3.54. The Morgan fingerprint density at radius 3 is 2.12 bits per heavy atom. The SMILES string of the molecule is CC(=O)OC[C@H]1O[C@@H](OCC(=O)NCCCNC(=O)OC[C@H]2COC(C)(C)O2)[C@H](CC(N)=O)[C@@H](OC(C)=O)[C@H]1OC(C)=O. The van der Waals surface area contributed by atoms with Gasteiger partial charge in [0.05, 0.1) is 12.5 Å². The van der Waals surface area contributed by atoms with Crippen molar-refractivity contribution in [2.24, 2.45) is 11.7 Å². The fraction of sp³-hybridized carbons (Fsp3) is 0.769. The van der Waals surface area contributed by atoms with E-state index in [0.717, 1.165) is 20.8 Å². The van der Waals surface area contributed by atoms with E-state index in [9.17, 15) is 28.8 Å². The molecule has 0 radical (unpaired) electrons. The van der Waals surface area contributed by atoms with Gasteiger partial charge in [0, 0.05) is 40.3 Å². The number of carbonyl (C=O) groups excluding carboxylic acids is 6. The van der Waals surface area contributed by atoms with Gasteiger partial charge in [0.15, 0.2) is 18.2 Å². The van der Waals surface area contributed by atoms with Gasteiger partial charge in [0.2, 0.25) is 11.8 Å². The Labute approximate surface area is 248 Å². The number of nitrogens with one attached hydrogen (secondary N) is 2. The van der Waals surface area contributed by atoms with Crippen LogP contribution >= 0.6 is 0 Å². The third-order valence-corrected chi connectivity index (χ3v) is 6.05. The number of esters is 3. The molecule has 2 aliphatic rings. The van der Waals surface area contributed by atoms with Crippen LogP contribution in [-0.4, -0.2) is 112 Å². The Balaban J connectivity index is 1.89. The minimum absolute atomic E-state index is 0.0327. The van der Waals surface area contributed by atoms with Crippen molar-refractivity contribution < 1.29 is 66.7 Å². The molecule has 2 saturated heterocycles. The van der Waals surface area contributed by atoms with Crippen LogP contribution in [0.5, 0.6) is 0 Å². The molecule has 2 aliphatic heterocycles. The Morgan fingerprint density at radius 1 is 0.884 bits per heavy atom. The normalized spacial score (nSPS) is 26.1. The lowest BCUT2D eigenvalue weighted by Gasteiger charge is -2.44. The fourth-order valence-corrected chi connectivity index (χ4v) is 4.36. The molecule has 0 aromatic heterocycles. The average Bonchev–Trinajstić information content (AvgIpc) is 3.25. The minimum atomic E-state index is -1.34. The van der Waals surface area contributed by atoms with E-state index < -0.39 is 91.8 Å². The summed E-state index contributed by atoms with van der Waals surface area (Å²) in [4.78, 5) is 71.3. The number of rotatable bonds is 15. The van der Waals surface area contributed by atoms with Crippen LogP contribution in [0.2, 0.25) is 0 Å². The topological polar surface area (TPSA) is 226 Å². The Kier molecular flexibility index (Phi) is 14.0. The quantitative estimate of drug-likeness (QED) is 0.114. The smallest absolute Gasteiger partial charge is 0.407 e. The van der Waals surface area contributed by atoms with Gasteiger partial charge in [-0.1, -0.05) is 0 Å². The summed E-state index contributed by atoms with van der Waals surface area (Å²) in [5, 5.41) is 5.16. The van der Waals surface area contributed by atoms with Crippen LogP contribution in [0.1, 0.15) is 47.5 Å². The molecule has 17 nitrogen and oxygen atoms in total. The van der Waals surface area contributed by atoms with Crippen molar-refractivity contribution >= 4 is 35.8 Å². The number of ether oxygens (including phenoxy) is 8. The van der Waals surface area contributed by atoms with E-state index in [0.29, 0.717) is 13.0 Å². The number of alkyl carbamates (subject to hydrolysis) is 1. The summed E-state index contributed by atoms with van der Waals surface area (Å²) < 4.78 is 43.2. The number of hydrogen-bond acceptors (Lipinski definition) is 14. The van der Waals surface area contributed by atoms with Crippen molar-refractivity contribution in [3.63, 3.8) is 0 Å². The van der Waals surface area contributed by atoms with Gasteiger partial charge in [-0.15, -0.1) is 0 Å². The zero-order chi connectivity index (χ0) is 32.2. The highest BCUT2D eigenvalue weighted by atomic mass is 16.8. The van der Waals surface area contributed by atoms with Crippen LogP contribution in [0, 0.1) is 5.92 Å². The largest absolute Gasteiger partial charge is 0.463 e. The van der Waals surface area contributed by atoms with Crippen LogP contribution in [-0.2, 0) is 61.9 Å². The summed E-state index contributed by atoms with van der Waals surface area (Å²) in [6.07, 6.45) is -6.11.